The fraction of sp³-hybridized carbons (Fsp3) is 0.706. The molecule has 1 heterocycles. The van der Waals surface area contributed by atoms with Crippen molar-refractivity contribution in [2.45, 2.75) is 71.9 Å². The third-order valence-corrected chi connectivity index (χ3v) is 3.80. The largest absolute Gasteiger partial charge is 0.474 e. The molecular formula is C17H28N2O. The second kappa shape index (κ2) is 5.63. The number of nitrogens with one attached hydrogen (secondary N) is 1. The molecule has 0 amide bonds. The lowest BCUT2D eigenvalue weighted by atomic mass is 9.76. The Labute approximate surface area is 123 Å². The zero-order valence-electron chi connectivity index (χ0n) is 13.5. The van der Waals surface area contributed by atoms with Gasteiger partial charge in [-0.15, -0.1) is 0 Å². The van der Waals surface area contributed by atoms with E-state index in [2.05, 4.69) is 44.9 Å². The third kappa shape index (κ3) is 4.69. The Morgan fingerprint density at radius 2 is 1.85 bits per heavy atom. The minimum Gasteiger partial charge on any atom is -0.474 e. The van der Waals surface area contributed by atoms with Crippen LogP contribution in [0.25, 0.3) is 0 Å². The molecule has 3 nitrogen and oxygen atoms in total. The first kappa shape index (κ1) is 15.1. The predicted octanol–water partition coefficient (Wildman–Crippen LogP) is 4.64. The van der Waals surface area contributed by atoms with Gasteiger partial charge in [-0.25, -0.2) is 0 Å². The van der Waals surface area contributed by atoms with Gasteiger partial charge in [0.15, 0.2) is 0 Å². The van der Waals surface area contributed by atoms with Gasteiger partial charge in [0.05, 0.1) is 0 Å². The molecule has 0 unspecified atom stereocenters. The average Bonchev–Trinajstić information content (AvgIpc) is 2.30. The molecule has 2 rings (SSSR count). The van der Waals surface area contributed by atoms with Gasteiger partial charge in [-0.2, -0.15) is 4.98 Å². The van der Waals surface area contributed by atoms with E-state index in [4.69, 9.17) is 4.74 Å². The maximum atomic E-state index is 6.05. The minimum absolute atomic E-state index is 0.0144. The van der Waals surface area contributed by atoms with Crippen LogP contribution in [0.3, 0.4) is 0 Å². The number of ether oxygens (including phenoxy) is 1. The molecule has 0 spiro atoms. The summed E-state index contributed by atoms with van der Waals surface area (Å²) in [4.78, 5) is 4.56. The molecule has 0 aromatic carbocycles. The fourth-order valence-electron chi connectivity index (χ4n) is 2.60. The van der Waals surface area contributed by atoms with E-state index in [1.54, 1.807) is 0 Å². The Morgan fingerprint density at radius 1 is 1.20 bits per heavy atom. The molecule has 0 radical (unpaired) electrons. The van der Waals surface area contributed by atoms with E-state index in [9.17, 15) is 0 Å². The Balaban J connectivity index is 1.95. The fourth-order valence-corrected chi connectivity index (χ4v) is 2.60. The summed E-state index contributed by atoms with van der Waals surface area (Å²) in [7, 11) is 0. The van der Waals surface area contributed by atoms with Gasteiger partial charge in [0, 0.05) is 11.6 Å². The highest BCUT2D eigenvalue weighted by molar-refractivity contribution is 5.39. The molecule has 0 bridgehead atoms. The highest BCUT2D eigenvalue weighted by atomic mass is 16.5. The summed E-state index contributed by atoms with van der Waals surface area (Å²) in [6, 6.07) is 5.94. The van der Waals surface area contributed by atoms with Crippen LogP contribution in [0.1, 0.15) is 60.3 Å². The molecule has 3 heteroatoms. The summed E-state index contributed by atoms with van der Waals surface area (Å²) in [6.07, 6.45) is 5.05. The molecule has 1 aromatic rings. The summed E-state index contributed by atoms with van der Waals surface area (Å²) in [5, 5.41) is 3.38. The van der Waals surface area contributed by atoms with Crippen molar-refractivity contribution in [3.05, 3.63) is 18.2 Å². The molecule has 0 saturated heterocycles. The van der Waals surface area contributed by atoms with Crippen LogP contribution in [0.2, 0.25) is 0 Å². The molecule has 0 aliphatic heterocycles. The molecule has 1 aliphatic rings. The number of rotatable bonds is 3. The van der Waals surface area contributed by atoms with E-state index >= 15 is 0 Å². The highest BCUT2D eigenvalue weighted by Crippen LogP contribution is 2.36. The van der Waals surface area contributed by atoms with E-state index < -0.39 is 0 Å². The number of hydrogen-bond acceptors (Lipinski definition) is 3. The smallest absolute Gasteiger partial charge is 0.215 e. The SMILES string of the molecule is CC1(C)CCC(Oc2cccc(NC(C)(C)C)n2)CC1. The average molecular weight is 276 g/mol. The van der Waals surface area contributed by atoms with Crippen molar-refractivity contribution in [1.82, 2.24) is 4.98 Å². The van der Waals surface area contributed by atoms with Crippen molar-refractivity contribution in [2.75, 3.05) is 5.32 Å². The summed E-state index contributed by atoms with van der Waals surface area (Å²) in [5.41, 5.74) is 0.489. The number of pyridine rings is 1. The molecule has 1 N–H and O–H groups in total. The van der Waals surface area contributed by atoms with Crippen molar-refractivity contribution in [1.29, 1.82) is 0 Å². The first-order chi connectivity index (χ1) is 9.23. The van der Waals surface area contributed by atoms with Crippen LogP contribution < -0.4 is 10.1 Å². The summed E-state index contributed by atoms with van der Waals surface area (Å²) >= 11 is 0. The minimum atomic E-state index is 0.0144. The Bertz CT molecular complexity index is 439. The van der Waals surface area contributed by atoms with Gasteiger partial charge in [0.2, 0.25) is 5.88 Å². The van der Waals surface area contributed by atoms with Crippen molar-refractivity contribution >= 4 is 5.82 Å². The van der Waals surface area contributed by atoms with Crippen molar-refractivity contribution in [2.24, 2.45) is 5.41 Å². The maximum Gasteiger partial charge on any atom is 0.215 e. The topological polar surface area (TPSA) is 34.1 Å². The van der Waals surface area contributed by atoms with Crippen molar-refractivity contribution in [3.63, 3.8) is 0 Å². The normalized spacial score (nSPS) is 19.6. The van der Waals surface area contributed by atoms with Gasteiger partial charge < -0.3 is 10.1 Å². The third-order valence-electron chi connectivity index (χ3n) is 3.80. The summed E-state index contributed by atoms with van der Waals surface area (Å²) in [5.74, 6) is 1.62. The van der Waals surface area contributed by atoms with Gasteiger partial charge in [0.1, 0.15) is 11.9 Å². The van der Waals surface area contributed by atoms with Crippen LogP contribution in [-0.4, -0.2) is 16.6 Å². The number of hydrogen-bond donors (Lipinski definition) is 1. The van der Waals surface area contributed by atoms with Crippen LogP contribution in [0.15, 0.2) is 18.2 Å². The lowest BCUT2D eigenvalue weighted by Gasteiger charge is -2.34. The molecule has 1 aromatic heterocycles. The van der Waals surface area contributed by atoms with Crippen molar-refractivity contribution in [3.8, 4) is 5.88 Å². The van der Waals surface area contributed by atoms with Crippen LogP contribution in [0.5, 0.6) is 5.88 Å². The van der Waals surface area contributed by atoms with Crippen LogP contribution >= 0.6 is 0 Å². The summed E-state index contributed by atoms with van der Waals surface area (Å²) in [6.45, 7) is 11.1. The Kier molecular flexibility index (Phi) is 4.26. The molecule has 1 aliphatic carbocycles. The van der Waals surface area contributed by atoms with E-state index in [1.807, 2.05) is 18.2 Å². The lowest BCUT2D eigenvalue weighted by molar-refractivity contribution is 0.0950. The Hall–Kier alpha value is -1.25. The van der Waals surface area contributed by atoms with Gasteiger partial charge in [-0.05, 0) is 57.9 Å². The van der Waals surface area contributed by atoms with Crippen LogP contribution in [-0.2, 0) is 0 Å². The van der Waals surface area contributed by atoms with E-state index in [0.717, 1.165) is 24.5 Å². The zero-order valence-corrected chi connectivity index (χ0v) is 13.5. The second-order valence-corrected chi connectivity index (χ2v) is 7.72. The van der Waals surface area contributed by atoms with Crippen molar-refractivity contribution < 1.29 is 4.74 Å². The molecular weight excluding hydrogens is 248 g/mol. The molecule has 1 fully saturated rings. The monoisotopic (exact) mass is 276 g/mol. The molecule has 112 valence electrons. The van der Waals surface area contributed by atoms with Gasteiger partial charge in [-0.1, -0.05) is 19.9 Å². The van der Waals surface area contributed by atoms with Crippen LogP contribution in [0.4, 0.5) is 5.82 Å². The quantitative estimate of drug-likeness (QED) is 0.873. The van der Waals surface area contributed by atoms with E-state index in [-0.39, 0.29) is 5.54 Å². The predicted molar refractivity (Wildman–Crippen MR) is 84.3 cm³/mol. The number of nitrogens with zero attached hydrogens (tertiary/aromatic N) is 1. The zero-order chi connectivity index (χ0) is 14.8. The standard InChI is InChI=1S/C17H28N2O/c1-16(2,3)19-14-7-6-8-15(18-14)20-13-9-11-17(4,5)12-10-13/h6-8,13H,9-12H2,1-5H3,(H,18,19). The first-order valence-electron chi connectivity index (χ1n) is 7.65. The molecule has 0 atom stereocenters. The summed E-state index contributed by atoms with van der Waals surface area (Å²) < 4.78 is 6.05. The lowest BCUT2D eigenvalue weighted by Crippen LogP contribution is -2.29. The van der Waals surface area contributed by atoms with E-state index in [1.165, 1.54) is 12.8 Å². The Morgan fingerprint density at radius 3 is 2.45 bits per heavy atom. The highest BCUT2D eigenvalue weighted by Gasteiger charge is 2.28. The molecule has 1 saturated carbocycles. The molecule has 20 heavy (non-hydrogen) atoms. The van der Waals surface area contributed by atoms with E-state index in [0.29, 0.717) is 11.5 Å². The van der Waals surface area contributed by atoms with Gasteiger partial charge in [-0.3, -0.25) is 0 Å². The second-order valence-electron chi connectivity index (χ2n) is 7.72. The van der Waals surface area contributed by atoms with Gasteiger partial charge >= 0.3 is 0 Å². The van der Waals surface area contributed by atoms with Gasteiger partial charge in [0.25, 0.3) is 0 Å². The number of anilines is 1. The first-order valence-corrected chi connectivity index (χ1v) is 7.65. The van der Waals surface area contributed by atoms with Crippen LogP contribution in [0, 0.1) is 5.41 Å². The maximum absolute atomic E-state index is 6.05. The number of aromatic nitrogens is 1.